The first kappa shape index (κ1) is 15.0. The van der Waals surface area contributed by atoms with E-state index in [1.165, 1.54) is 12.8 Å². The van der Waals surface area contributed by atoms with Gasteiger partial charge < -0.3 is 0 Å². The Hall–Kier alpha value is -1.39. The van der Waals surface area contributed by atoms with Crippen LogP contribution in [0.4, 0.5) is 0 Å². The Morgan fingerprint density at radius 3 is 2.75 bits per heavy atom. The van der Waals surface area contributed by atoms with Gasteiger partial charge in [-0.2, -0.15) is 0 Å². The summed E-state index contributed by atoms with van der Waals surface area (Å²) in [6, 6.07) is 10.4. The summed E-state index contributed by atoms with van der Waals surface area (Å²) in [6.45, 7) is 6.34. The third-order valence-electron chi connectivity index (χ3n) is 4.58. The number of carbonyl (C=O) groups excluding carboxylic acids is 1. The van der Waals surface area contributed by atoms with Crippen LogP contribution in [-0.4, -0.2) is 29.9 Å². The summed E-state index contributed by atoms with van der Waals surface area (Å²) >= 11 is 0. The number of nitrogens with zero attached hydrogens (tertiary/aromatic N) is 1. The highest BCUT2D eigenvalue weighted by molar-refractivity contribution is 5.83. The molecule has 1 aromatic carbocycles. The van der Waals surface area contributed by atoms with Crippen LogP contribution in [0.15, 0.2) is 30.3 Å². The fourth-order valence-electron chi connectivity index (χ4n) is 3.04. The van der Waals surface area contributed by atoms with Gasteiger partial charge in [0.1, 0.15) is 0 Å². The lowest BCUT2D eigenvalue weighted by molar-refractivity contribution is -0.123. The number of amides is 1. The second-order valence-electron chi connectivity index (χ2n) is 5.83. The number of hydrazine groups is 1. The Bertz CT molecular complexity index is 435. The van der Waals surface area contributed by atoms with E-state index >= 15 is 0 Å². The molecule has 1 aliphatic rings. The molecule has 1 amide bonds. The highest BCUT2D eigenvalue weighted by Gasteiger charge is 2.29. The Kier molecular flexibility index (Phi) is 5.15. The second kappa shape index (κ2) is 6.86. The van der Waals surface area contributed by atoms with E-state index in [4.69, 9.17) is 5.84 Å². The molecule has 110 valence electrons. The van der Waals surface area contributed by atoms with Gasteiger partial charge in [-0.1, -0.05) is 37.3 Å². The lowest BCUT2D eigenvalue weighted by Gasteiger charge is -2.39. The maximum atomic E-state index is 12.1. The predicted molar refractivity (Wildman–Crippen MR) is 80.9 cm³/mol. The molecule has 2 rings (SSSR count). The average molecular weight is 275 g/mol. The number of rotatable bonds is 4. The molecule has 1 fully saturated rings. The van der Waals surface area contributed by atoms with Crippen LogP contribution in [0.3, 0.4) is 0 Å². The molecule has 0 spiro atoms. The van der Waals surface area contributed by atoms with Crippen molar-refractivity contribution in [3.63, 3.8) is 0 Å². The van der Waals surface area contributed by atoms with Gasteiger partial charge in [-0.25, -0.2) is 5.84 Å². The van der Waals surface area contributed by atoms with Gasteiger partial charge in [0.25, 0.3) is 0 Å². The topological polar surface area (TPSA) is 58.4 Å². The lowest BCUT2D eigenvalue weighted by atomic mass is 9.89. The van der Waals surface area contributed by atoms with Crippen molar-refractivity contribution in [1.82, 2.24) is 10.3 Å². The SMILES string of the molecule is CC1CCCN(CC(C(=O)NN)c2ccccc2)C1C. The molecule has 3 unspecified atom stereocenters. The van der Waals surface area contributed by atoms with Crippen molar-refractivity contribution in [1.29, 1.82) is 0 Å². The van der Waals surface area contributed by atoms with Crippen LogP contribution in [0.1, 0.15) is 38.2 Å². The number of nitrogens with two attached hydrogens (primary N) is 1. The summed E-state index contributed by atoms with van der Waals surface area (Å²) in [4.78, 5) is 14.5. The van der Waals surface area contributed by atoms with Gasteiger partial charge >= 0.3 is 0 Å². The third kappa shape index (κ3) is 3.38. The molecule has 1 saturated heterocycles. The van der Waals surface area contributed by atoms with Crippen molar-refractivity contribution in [3.8, 4) is 0 Å². The molecule has 3 atom stereocenters. The van der Waals surface area contributed by atoms with Gasteiger partial charge in [0.2, 0.25) is 5.91 Å². The number of hydrogen-bond donors (Lipinski definition) is 2. The first-order valence-electron chi connectivity index (χ1n) is 7.43. The van der Waals surface area contributed by atoms with E-state index in [0.717, 1.165) is 18.7 Å². The number of carbonyl (C=O) groups is 1. The van der Waals surface area contributed by atoms with E-state index in [-0.39, 0.29) is 11.8 Å². The summed E-state index contributed by atoms with van der Waals surface area (Å²) in [5.41, 5.74) is 3.34. The molecule has 0 radical (unpaired) electrons. The van der Waals surface area contributed by atoms with E-state index in [1.807, 2.05) is 30.3 Å². The van der Waals surface area contributed by atoms with Crippen LogP contribution in [0.5, 0.6) is 0 Å². The van der Waals surface area contributed by atoms with Crippen molar-refractivity contribution in [2.75, 3.05) is 13.1 Å². The maximum absolute atomic E-state index is 12.1. The zero-order chi connectivity index (χ0) is 14.5. The Balaban J connectivity index is 2.14. The second-order valence-corrected chi connectivity index (χ2v) is 5.83. The molecule has 0 aliphatic carbocycles. The maximum Gasteiger partial charge on any atom is 0.242 e. The van der Waals surface area contributed by atoms with Crippen LogP contribution in [0.25, 0.3) is 0 Å². The molecule has 4 heteroatoms. The summed E-state index contributed by atoms with van der Waals surface area (Å²) in [6.07, 6.45) is 2.48. The molecular formula is C16H25N3O. The monoisotopic (exact) mass is 275 g/mol. The highest BCUT2D eigenvalue weighted by Crippen LogP contribution is 2.26. The molecule has 3 N–H and O–H groups in total. The normalized spacial score (nSPS) is 25.1. The van der Waals surface area contributed by atoms with Gasteiger partial charge in [0.15, 0.2) is 0 Å². The van der Waals surface area contributed by atoms with Crippen molar-refractivity contribution in [2.45, 2.75) is 38.6 Å². The van der Waals surface area contributed by atoms with Crippen molar-refractivity contribution < 1.29 is 4.79 Å². The van der Waals surface area contributed by atoms with Gasteiger partial charge in [0, 0.05) is 12.6 Å². The molecule has 1 heterocycles. The van der Waals surface area contributed by atoms with Gasteiger partial charge in [-0.3, -0.25) is 15.1 Å². The van der Waals surface area contributed by atoms with Gasteiger partial charge in [-0.15, -0.1) is 0 Å². The molecule has 20 heavy (non-hydrogen) atoms. The van der Waals surface area contributed by atoms with E-state index in [2.05, 4.69) is 24.2 Å². The first-order chi connectivity index (χ1) is 9.63. The molecule has 1 aliphatic heterocycles. The lowest BCUT2D eigenvalue weighted by Crippen LogP contribution is -2.47. The van der Waals surface area contributed by atoms with E-state index in [9.17, 15) is 4.79 Å². The number of hydrogen-bond acceptors (Lipinski definition) is 3. The van der Waals surface area contributed by atoms with E-state index in [0.29, 0.717) is 12.0 Å². The van der Waals surface area contributed by atoms with Gasteiger partial charge in [-0.05, 0) is 37.8 Å². The summed E-state index contributed by atoms with van der Waals surface area (Å²) in [7, 11) is 0. The summed E-state index contributed by atoms with van der Waals surface area (Å²) in [5, 5.41) is 0. The zero-order valence-corrected chi connectivity index (χ0v) is 12.4. The molecule has 0 bridgehead atoms. The minimum Gasteiger partial charge on any atom is -0.299 e. The minimum absolute atomic E-state index is 0.110. The molecule has 0 saturated carbocycles. The third-order valence-corrected chi connectivity index (χ3v) is 4.58. The Labute approximate surface area is 121 Å². The Morgan fingerprint density at radius 1 is 1.40 bits per heavy atom. The van der Waals surface area contributed by atoms with E-state index in [1.54, 1.807) is 0 Å². The highest BCUT2D eigenvalue weighted by atomic mass is 16.2. The number of likely N-dealkylation sites (tertiary alicyclic amines) is 1. The quantitative estimate of drug-likeness (QED) is 0.501. The van der Waals surface area contributed by atoms with Crippen LogP contribution in [-0.2, 0) is 4.79 Å². The molecule has 4 nitrogen and oxygen atoms in total. The predicted octanol–water partition coefficient (Wildman–Crippen LogP) is 1.88. The standard InChI is InChI=1S/C16H25N3O/c1-12-7-6-10-19(13(12)2)11-15(16(20)18-17)14-8-4-3-5-9-14/h3-5,8-9,12-13,15H,6-7,10-11,17H2,1-2H3,(H,18,20). The fraction of sp³-hybridized carbons (Fsp3) is 0.562. The van der Waals surface area contributed by atoms with E-state index < -0.39 is 0 Å². The molecular weight excluding hydrogens is 250 g/mol. The van der Waals surface area contributed by atoms with Crippen molar-refractivity contribution in [3.05, 3.63) is 35.9 Å². The summed E-state index contributed by atoms with van der Waals surface area (Å²) in [5.74, 6) is 5.73. The fourth-order valence-corrected chi connectivity index (χ4v) is 3.04. The largest absolute Gasteiger partial charge is 0.299 e. The van der Waals surface area contributed by atoms with Crippen LogP contribution >= 0.6 is 0 Å². The first-order valence-corrected chi connectivity index (χ1v) is 7.43. The van der Waals surface area contributed by atoms with Crippen LogP contribution in [0.2, 0.25) is 0 Å². The number of nitrogens with one attached hydrogen (secondary N) is 1. The number of benzene rings is 1. The van der Waals surface area contributed by atoms with Crippen molar-refractivity contribution in [2.24, 2.45) is 11.8 Å². The minimum atomic E-state index is -0.200. The zero-order valence-electron chi connectivity index (χ0n) is 12.4. The van der Waals surface area contributed by atoms with Crippen LogP contribution < -0.4 is 11.3 Å². The van der Waals surface area contributed by atoms with Crippen molar-refractivity contribution >= 4 is 5.91 Å². The molecule has 1 aromatic rings. The van der Waals surface area contributed by atoms with Gasteiger partial charge in [0.05, 0.1) is 5.92 Å². The Morgan fingerprint density at radius 2 is 2.10 bits per heavy atom. The summed E-state index contributed by atoms with van der Waals surface area (Å²) < 4.78 is 0. The van der Waals surface area contributed by atoms with Crippen LogP contribution in [0, 0.1) is 5.92 Å². The molecule has 0 aromatic heterocycles. The smallest absolute Gasteiger partial charge is 0.242 e. The number of piperidine rings is 1. The average Bonchev–Trinajstić information content (AvgIpc) is 2.49.